The molecule has 0 aromatic heterocycles. The maximum atomic E-state index is 10.00. The summed E-state index contributed by atoms with van der Waals surface area (Å²) < 4.78 is 0. The van der Waals surface area contributed by atoms with E-state index in [0.29, 0.717) is 0 Å². The van der Waals surface area contributed by atoms with Gasteiger partial charge < -0.3 is 5.11 Å². The lowest BCUT2D eigenvalue weighted by atomic mass is 10.0. The molecule has 1 heteroatoms. The highest BCUT2D eigenvalue weighted by atomic mass is 16.3. The first-order chi connectivity index (χ1) is 10.1. The summed E-state index contributed by atoms with van der Waals surface area (Å²) in [7, 11) is 0. The van der Waals surface area contributed by atoms with E-state index in [-0.39, 0.29) is 6.10 Å². The summed E-state index contributed by atoms with van der Waals surface area (Å²) in [6.45, 7) is 10.1. The SMILES string of the molecule is C=CCCCCCCCCC(O)/C=C(/C)CCC=C(C)C. The largest absolute Gasteiger partial charge is 0.389 e. The van der Waals surface area contributed by atoms with Crippen molar-refractivity contribution in [2.45, 2.75) is 91.1 Å². The first-order valence-corrected chi connectivity index (χ1v) is 8.66. The topological polar surface area (TPSA) is 20.2 Å². The lowest BCUT2D eigenvalue weighted by Crippen LogP contribution is -2.03. The van der Waals surface area contributed by atoms with Crippen LogP contribution in [0.4, 0.5) is 0 Å². The van der Waals surface area contributed by atoms with Crippen LogP contribution in [0.3, 0.4) is 0 Å². The first-order valence-electron chi connectivity index (χ1n) is 8.66. The molecule has 0 rings (SSSR count). The van der Waals surface area contributed by atoms with Gasteiger partial charge in [-0.3, -0.25) is 0 Å². The van der Waals surface area contributed by atoms with Crippen molar-refractivity contribution in [2.24, 2.45) is 0 Å². The van der Waals surface area contributed by atoms with E-state index in [2.05, 4.69) is 33.4 Å². The zero-order valence-corrected chi connectivity index (χ0v) is 14.5. The summed E-state index contributed by atoms with van der Waals surface area (Å²) in [5.74, 6) is 0. The number of unbranched alkanes of at least 4 members (excludes halogenated alkanes) is 6. The van der Waals surface area contributed by atoms with E-state index in [0.717, 1.165) is 32.1 Å². The fourth-order valence-corrected chi connectivity index (χ4v) is 2.43. The van der Waals surface area contributed by atoms with E-state index >= 15 is 0 Å². The van der Waals surface area contributed by atoms with Gasteiger partial charge in [0, 0.05) is 0 Å². The second-order valence-corrected chi connectivity index (χ2v) is 6.39. The van der Waals surface area contributed by atoms with Gasteiger partial charge in [-0.2, -0.15) is 0 Å². The lowest BCUT2D eigenvalue weighted by molar-refractivity contribution is 0.207. The van der Waals surface area contributed by atoms with Crippen LogP contribution >= 0.6 is 0 Å². The number of allylic oxidation sites excluding steroid dienone is 4. The molecular weight excluding hydrogens is 256 g/mol. The molecule has 0 aliphatic rings. The van der Waals surface area contributed by atoms with Crippen molar-refractivity contribution in [3.8, 4) is 0 Å². The predicted molar refractivity (Wildman–Crippen MR) is 95.6 cm³/mol. The van der Waals surface area contributed by atoms with Gasteiger partial charge in [-0.1, -0.05) is 61.5 Å². The second-order valence-electron chi connectivity index (χ2n) is 6.39. The summed E-state index contributed by atoms with van der Waals surface area (Å²) in [5, 5.41) is 10.00. The van der Waals surface area contributed by atoms with Crippen molar-refractivity contribution in [2.75, 3.05) is 0 Å². The minimum Gasteiger partial charge on any atom is -0.389 e. The molecule has 0 heterocycles. The summed E-state index contributed by atoms with van der Waals surface area (Å²) in [5.41, 5.74) is 2.68. The van der Waals surface area contributed by atoms with Crippen LogP contribution in [0.5, 0.6) is 0 Å². The van der Waals surface area contributed by atoms with Gasteiger partial charge in [-0.15, -0.1) is 6.58 Å². The van der Waals surface area contributed by atoms with Crippen molar-refractivity contribution in [1.82, 2.24) is 0 Å². The lowest BCUT2D eigenvalue weighted by Gasteiger charge is -2.08. The van der Waals surface area contributed by atoms with Gasteiger partial charge in [0.25, 0.3) is 0 Å². The number of aliphatic hydroxyl groups excluding tert-OH is 1. The van der Waals surface area contributed by atoms with Crippen LogP contribution in [-0.4, -0.2) is 11.2 Å². The molecule has 0 spiro atoms. The number of hydrogen-bond acceptors (Lipinski definition) is 1. The van der Waals surface area contributed by atoms with Gasteiger partial charge in [0.2, 0.25) is 0 Å². The summed E-state index contributed by atoms with van der Waals surface area (Å²) in [6.07, 6.45) is 17.9. The van der Waals surface area contributed by atoms with Crippen molar-refractivity contribution in [3.63, 3.8) is 0 Å². The van der Waals surface area contributed by atoms with Crippen LogP contribution < -0.4 is 0 Å². The maximum absolute atomic E-state index is 10.00. The Kier molecular flexibility index (Phi) is 13.6. The molecule has 1 N–H and O–H groups in total. The molecule has 0 aromatic rings. The standard InChI is InChI=1S/C20H36O/c1-5-6-7-8-9-10-11-12-16-20(21)17-19(4)15-13-14-18(2)3/h5,14,17,20-21H,1,6-13,15-16H2,2-4H3/b19-17-. The number of hydrogen-bond donors (Lipinski definition) is 1. The van der Waals surface area contributed by atoms with Gasteiger partial charge in [0.1, 0.15) is 0 Å². The van der Waals surface area contributed by atoms with Crippen LogP contribution in [0.1, 0.15) is 85.0 Å². The molecule has 1 unspecified atom stereocenters. The Bertz CT molecular complexity index is 308. The third kappa shape index (κ3) is 15.4. The van der Waals surface area contributed by atoms with Crippen LogP contribution in [0.25, 0.3) is 0 Å². The van der Waals surface area contributed by atoms with E-state index in [1.165, 1.54) is 43.3 Å². The third-order valence-electron chi connectivity index (χ3n) is 3.73. The highest BCUT2D eigenvalue weighted by molar-refractivity contribution is 5.04. The second kappa shape index (κ2) is 14.1. The Morgan fingerprint density at radius 3 is 2.19 bits per heavy atom. The molecule has 0 aliphatic carbocycles. The molecule has 0 amide bonds. The Morgan fingerprint density at radius 2 is 1.57 bits per heavy atom. The fraction of sp³-hybridized carbons (Fsp3) is 0.700. The zero-order valence-electron chi connectivity index (χ0n) is 14.5. The van der Waals surface area contributed by atoms with Crippen molar-refractivity contribution < 1.29 is 5.11 Å². The molecule has 21 heavy (non-hydrogen) atoms. The summed E-state index contributed by atoms with van der Waals surface area (Å²) in [6, 6.07) is 0. The quantitative estimate of drug-likeness (QED) is 0.310. The van der Waals surface area contributed by atoms with Gasteiger partial charge in [0.05, 0.1) is 6.10 Å². The van der Waals surface area contributed by atoms with E-state index < -0.39 is 0 Å². The highest BCUT2D eigenvalue weighted by Crippen LogP contribution is 2.13. The molecule has 0 aliphatic heterocycles. The molecule has 1 nitrogen and oxygen atoms in total. The Hall–Kier alpha value is -0.820. The Morgan fingerprint density at radius 1 is 0.952 bits per heavy atom. The van der Waals surface area contributed by atoms with Gasteiger partial charge >= 0.3 is 0 Å². The van der Waals surface area contributed by atoms with E-state index in [1.54, 1.807) is 0 Å². The van der Waals surface area contributed by atoms with Gasteiger partial charge in [0.15, 0.2) is 0 Å². The van der Waals surface area contributed by atoms with Crippen LogP contribution in [0.15, 0.2) is 36.0 Å². The van der Waals surface area contributed by atoms with Crippen molar-refractivity contribution in [3.05, 3.63) is 36.0 Å². The van der Waals surface area contributed by atoms with E-state index in [1.807, 2.05) is 12.2 Å². The fourth-order valence-electron chi connectivity index (χ4n) is 2.43. The average molecular weight is 293 g/mol. The monoisotopic (exact) mass is 292 g/mol. The molecular formula is C20H36O. The van der Waals surface area contributed by atoms with Gasteiger partial charge in [-0.05, 0) is 52.9 Å². The summed E-state index contributed by atoms with van der Waals surface area (Å²) >= 11 is 0. The van der Waals surface area contributed by atoms with E-state index in [9.17, 15) is 5.11 Å². The molecule has 0 fully saturated rings. The zero-order chi connectivity index (χ0) is 15.9. The minimum atomic E-state index is -0.252. The van der Waals surface area contributed by atoms with Crippen LogP contribution in [0.2, 0.25) is 0 Å². The minimum absolute atomic E-state index is 0.252. The third-order valence-corrected chi connectivity index (χ3v) is 3.73. The molecule has 0 saturated heterocycles. The predicted octanol–water partition coefficient (Wildman–Crippen LogP) is 6.35. The Balaban J connectivity index is 3.57. The average Bonchev–Trinajstić information content (AvgIpc) is 2.41. The molecule has 0 aromatic carbocycles. The molecule has 0 radical (unpaired) electrons. The molecule has 122 valence electrons. The molecule has 0 saturated carbocycles. The van der Waals surface area contributed by atoms with Crippen molar-refractivity contribution in [1.29, 1.82) is 0 Å². The highest BCUT2D eigenvalue weighted by Gasteiger charge is 2.01. The Labute approximate surface area is 132 Å². The smallest absolute Gasteiger partial charge is 0.0723 e. The van der Waals surface area contributed by atoms with E-state index in [4.69, 9.17) is 0 Å². The molecule has 1 atom stereocenters. The number of rotatable bonds is 13. The normalized spacial score (nSPS) is 13.0. The van der Waals surface area contributed by atoms with Crippen molar-refractivity contribution >= 4 is 0 Å². The molecule has 0 bridgehead atoms. The summed E-state index contributed by atoms with van der Waals surface area (Å²) in [4.78, 5) is 0. The van der Waals surface area contributed by atoms with Crippen LogP contribution in [-0.2, 0) is 0 Å². The van der Waals surface area contributed by atoms with Crippen LogP contribution in [0, 0.1) is 0 Å². The van der Waals surface area contributed by atoms with Gasteiger partial charge in [-0.25, -0.2) is 0 Å². The first kappa shape index (κ1) is 20.2. The number of aliphatic hydroxyl groups is 1. The maximum Gasteiger partial charge on any atom is 0.0723 e.